The maximum Gasteiger partial charge on any atom is 0.0517 e. The van der Waals surface area contributed by atoms with Gasteiger partial charge in [0.2, 0.25) is 0 Å². The van der Waals surface area contributed by atoms with Gasteiger partial charge in [0.25, 0.3) is 0 Å². The van der Waals surface area contributed by atoms with Gasteiger partial charge in [-0.2, -0.15) is 0 Å². The highest BCUT2D eigenvalue weighted by Crippen LogP contribution is 2.70. The van der Waals surface area contributed by atoms with Crippen molar-refractivity contribution in [1.82, 2.24) is 0 Å². The Bertz CT molecular complexity index is 285. The van der Waals surface area contributed by atoms with E-state index in [0.717, 1.165) is 12.3 Å². The Labute approximate surface area is 99.6 Å². The van der Waals surface area contributed by atoms with Gasteiger partial charge in [0, 0.05) is 0 Å². The molecule has 4 bridgehead atoms. The van der Waals surface area contributed by atoms with Crippen LogP contribution in [0.15, 0.2) is 0 Å². The van der Waals surface area contributed by atoms with Crippen LogP contribution in [0.3, 0.4) is 0 Å². The molecule has 0 aliphatic heterocycles. The van der Waals surface area contributed by atoms with Crippen LogP contribution in [-0.2, 0) is 0 Å². The van der Waals surface area contributed by atoms with E-state index in [1.807, 2.05) is 6.92 Å². The van der Waals surface area contributed by atoms with Crippen LogP contribution >= 0.6 is 0 Å². The van der Waals surface area contributed by atoms with Crippen molar-refractivity contribution in [1.29, 1.82) is 0 Å². The van der Waals surface area contributed by atoms with Crippen molar-refractivity contribution in [2.75, 3.05) is 0 Å². The second-order valence-electron chi connectivity index (χ2n) is 8.18. The third kappa shape index (κ3) is 1.63. The van der Waals surface area contributed by atoms with Crippen LogP contribution < -0.4 is 0 Å². The highest BCUT2D eigenvalue weighted by Gasteiger charge is 2.59. The molecule has 1 heteroatoms. The summed E-state index contributed by atoms with van der Waals surface area (Å²) in [5, 5.41) is 9.78. The normalized spacial score (nSPS) is 56.6. The summed E-state index contributed by atoms with van der Waals surface area (Å²) >= 11 is 0. The predicted molar refractivity (Wildman–Crippen MR) is 66.1 cm³/mol. The SMILES string of the molecule is CC(O)CC12CC3CC(C)(CC(C)(C3)C1)C2. The Morgan fingerprint density at radius 2 is 1.62 bits per heavy atom. The quantitative estimate of drug-likeness (QED) is 0.754. The molecule has 4 aliphatic carbocycles. The summed E-state index contributed by atoms with van der Waals surface area (Å²) in [5.74, 6) is 0.963. The van der Waals surface area contributed by atoms with Crippen molar-refractivity contribution in [3.05, 3.63) is 0 Å². The first-order chi connectivity index (χ1) is 7.32. The summed E-state index contributed by atoms with van der Waals surface area (Å²) < 4.78 is 0. The Balaban J connectivity index is 1.92. The molecule has 4 aliphatic rings. The second kappa shape index (κ2) is 3.04. The van der Waals surface area contributed by atoms with Gasteiger partial charge in [-0.1, -0.05) is 13.8 Å². The summed E-state index contributed by atoms with van der Waals surface area (Å²) in [6.45, 7) is 6.99. The van der Waals surface area contributed by atoms with Crippen molar-refractivity contribution in [2.24, 2.45) is 22.2 Å². The minimum absolute atomic E-state index is 0.108. The lowest BCUT2D eigenvalue weighted by molar-refractivity contribution is -0.155. The largest absolute Gasteiger partial charge is 0.393 e. The molecule has 1 N–H and O–H groups in total. The summed E-state index contributed by atoms with van der Waals surface area (Å²) in [5.41, 5.74) is 1.70. The molecule has 4 rings (SSSR count). The lowest BCUT2D eigenvalue weighted by atomic mass is 9.39. The first kappa shape index (κ1) is 11.1. The van der Waals surface area contributed by atoms with Crippen LogP contribution in [0.5, 0.6) is 0 Å². The molecular formula is C15H26O. The molecule has 0 saturated heterocycles. The topological polar surface area (TPSA) is 20.2 Å². The monoisotopic (exact) mass is 222 g/mol. The van der Waals surface area contributed by atoms with Crippen LogP contribution in [0.2, 0.25) is 0 Å². The fourth-order valence-electron chi connectivity index (χ4n) is 6.54. The molecule has 4 fully saturated rings. The summed E-state index contributed by atoms with van der Waals surface area (Å²) in [6.07, 6.45) is 9.49. The van der Waals surface area contributed by atoms with E-state index in [2.05, 4.69) is 13.8 Å². The maximum absolute atomic E-state index is 9.78. The minimum Gasteiger partial charge on any atom is -0.393 e. The van der Waals surface area contributed by atoms with E-state index in [1.165, 1.54) is 38.5 Å². The number of aliphatic hydroxyl groups is 1. The second-order valence-corrected chi connectivity index (χ2v) is 8.18. The summed E-state index contributed by atoms with van der Waals surface area (Å²) in [7, 11) is 0. The molecule has 1 nitrogen and oxygen atoms in total. The standard InChI is InChI=1S/C15H26O/c1-11(16)4-15-7-12-5-13(2,9-15)8-14(3,6-12)10-15/h11-12,16H,4-10H2,1-3H3. The molecular weight excluding hydrogens is 196 g/mol. The zero-order valence-electron chi connectivity index (χ0n) is 11.1. The molecule has 0 amide bonds. The van der Waals surface area contributed by atoms with E-state index in [1.54, 1.807) is 0 Å². The first-order valence-electron chi connectivity index (χ1n) is 7.00. The van der Waals surface area contributed by atoms with Crippen molar-refractivity contribution >= 4 is 0 Å². The molecule has 3 atom stereocenters. The van der Waals surface area contributed by atoms with E-state index in [-0.39, 0.29) is 6.10 Å². The molecule has 3 unspecified atom stereocenters. The first-order valence-corrected chi connectivity index (χ1v) is 7.00. The fourth-order valence-corrected chi connectivity index (χ4v) is 6.54. The molecule has 0 radical (unpaired) electrons. The smallest absolute Gasteiger partial charge is 0.0517 e. The number of hydrogen-bond acceptors (Lipinski definition) is 1. The number of hydrogen-bond donors (Lipinski definition) is 1. The number of aliphatic hydroxyl groups excluding tert-OH is 1. The van der Waals surface area contributed by atoms with Crippen LogP contribution in [-0.4, -0.2) is 11.2 Å². The molecule has 0 aromatic rings. The van der Waals surface area contributed by atoms with Crippen LogP contribution in [0.4, 0.5) is 0 Å². The van der Waals surface area contributed by atoms with Crippen molar-refractivity contribution < 1.29 is 5.11 Å². The van der Waals surface area contributed by atoms with Gasteiger partial charge in [-0.3, -0.25) is 0 Å². The Hall–Kier alpha value is -0.0400. The summed E-state index contributed by atoms with van der Waals surface area (Å²) in [4.78, 5) is 0. The lowest BCUT2D eigenvalue weighted by Crippen LogP contribution is -2.55. The van der Waals surface area contributed by atoms with Gasteiger partial charge in [0.05, 0.1) is 6.10 Å². The van der Waals surface area contributed by atoms with Gasteiger partial charge in [-0.15, -0.1) is 0 Å². The van der Waals surface area contributed by atoms with Gasteiger partial charge in [-0.25, -0.2) is 0 Å². The lowest BCUT2D eigenvalue weighted by Gasteiger charge is -2.66. The highest BCUT2D eigenvalue weighted by molar-refractivity contribution is 5.10. The van der Waals surface area contributed by atoms with Gasteiger partial charge in [-0.05, 0) is 74.0 Å². The van der Waals surface area contributed by atoms with Crippen LogP contribution in [0.1, 0.15) is 65.7 Å². The van der Waals surface area contributed by atoms with Crippen molar-refractivity contribution in [3.63, 3.8) is 0 Å². The van der Waals surface area contributed by atoms with Crippen molar-refractivity contribution in [2.45, 2.75) is 71.8 Å². The molecule has 0 aromatic carbocycles. The number of rotatable bonds is 2. The zero-order chi connectivity index (χ0) is 11.6. The minimum atomic E-state index is -0.108. The molecule has 16 heavy (non-hydrogen) atoms. The van der Waals surface area contributed by atoms with Crippen LogP contribution in [0, 0.1) is 22.2 Å². The van der Waals surface area contributed by atoms with Gasteiger partial charge < -0.3 is 5.11 Å². The van der Waals surface area contributed by atoms with E-state index < -0.39 is 0 Å². The Morgan fingerprint density at radius 3 is 2.06 bits per heavy atom. The average Bonchev–Trinajstić information content (AvgIpc) is 1.91. The molecule has 0 spiro atoms. The fraction of sp³-hybridized carbons (Fsp3) is 1.00. The van der Waals surface area contributed by atoms with Gasteiger partial charge in [0.1, 0.15) is 0 Å². The summed E-state index contributed by atoms with van der Waals surface area (Å²) in [6, 6.07) is 0. The van der Waals surface area contributed by atoms with Crippen LogP contribution in [0.25, 0.3) is 0 Å². The Kier molecular flexibility index (Phi) is 2.11. The van der Waals surface area contributed by atoms with Crippen molar-refractivity contribution in [3.8, 4) is 0 Å². The van der Waals surface area contributed by atoms with E-state index >= 15 is 0 Å². The van der Waals surface area contributed by atoms with E-state index in [9.17, 15) is 5.11 Å². The molecule has 92 valence electrons. The molecule has 0 heterocycles. The molecule has 0 aromatic heterocycles. The highest BCUT2D eigenvalue weighted by atomic mass is 16.3. The third-order valence-electron chi connectivity index (χ3n) is 5.47. The maximum atomic E-state index is 9.78. The van der Waals surface area contributed by atoms with E-state index in [0.29, 0.717) is 16.2 Å². The zero-order valence-corrected chi connectivity index (χ0v) is 11.1. The third-order valence-corrected chi connectivity index (χ3v) is 5.47. The predicted octanol–water partition coefficient (Wildman–Crippen LogP) is 3.75. The Morgan fingerprint density at radius 1 is 1.06 bits per heavy atom. The van der Waals surface area contributed by atoms with Gasteiger partial charge in [0.15, 0.2) is 0 Å². The average molecular weight is 222 g/mol. The van der Waals surface area contributed by atoms with E-state index in [4.69, 9.17) is 0 Å². The van der Waals surface area contributed by atoms with Gasteiger partial charge >= 0.3 is 0 Å². The molecule has 4 saturated carbocycles.